The van der Waals surface area contributed by atoms with Crippen LogP contribution in [0.5, 0.6) is 0 Å². The quantitative estimate of drug-likeness (QED) is 0.388. The molecule has 0 spiro atoms. The predicted molar refractivity (Wildman–Crippen MR) is 112 cm³/mol. The van der Waals surface area contributed by atoms with Gasteiger partial charge in [-0.25, -0.2) is 8.42 Å². The Morgan fingerprint density at radius 3 is 1.57 bits per heavy atom. The molecule has 3 aromatic rings. The minimum absolute atomic E-state index is 0.0409. The molecule has 0 aromatic heterocycles. The van der Waals surface area contributed by atoms with Crippen molar-refractivity contribution in [3.05, 3.63) is 113 Å². The van der Waals surface area contributed by atoms with E-state index in [9.17, 15) is 34.8 Å². The number of rotatable bonds is 4. The molecule has 35 heavy (non-hydrogen) atoms. The van der Waals surface area contributed by atoms with E-state index in [1.165, 1.54) is 30.3 Å². The van der Waals surface area contributed by atoms with Gasteiger partial charge in [0, 0.05) is 11.1 Å². The van der Waals surface area contributed by atoms with E-state index in [-0.39, 0.29) is 5.41 Å². The molecule has 0 radical (unpaired) electrons. The molecule has 4 nitrogen and oxygen atoms in total. The van der Waals surface area contributed by atoms with Crippen molar-refractivity contribution >= 4 is 9.84 Å². The van der Waals surface area contributed by atoms with Crippen LogP contribution in [-0.2, 0) is 30.7 Å². The van der Waals surface area contributed by atoms with Crippen LogP contribution in [-0.4, -0.2) is 20.8 Å². The predicted octanol–water partition coefficient (Wildman–Crippen LogP) is 6.22. The Balaban J connectivity index is 2.07. The van der Waals surface area contributed by atoms with Crippen molar-refractivity contribution in [2.24, 2.45) is 0 Å². The van der Waals surface area contributed by atoms with Crippen LogP contribution in [0.1, 0.15) is 11.1 Å². The van der Waals surface area contributed by atoms with Gasteiger partial charge in [0.1, 0.15) is 0 Å². The van der Waals surface area contributed by atoms with E-state index >= 15 is 0 Å². The molecule has 1 aliphatic heterocycles. The van der Waals surface area contributed by atoms with Crippen LogP contribution in [0.4, 0.5) is 26.3 Å². The SMILES string of the molecule is O=S(=O)(/C=C1\OC(c2ccccc2)(C(F)(F)F)OC1(c1ccccc1)C(F)(F)F)c1ccccc1. The average molecular weight is 514 g/mol. The van der Waals surface area contributed by atoms with Gasteiger partial charge >= 0.3 is 18.1 Å². The molecule has 2 atom stereocenters. The summed E-state index contributed by atoms with van der Waals surface area (Å²) in [6.45, 7) is 0. The highest BCUT2D eigenvalue weighted by Gasteiger charge is 2.77. The van der Waals surface area contributed by atoms with Crippen LogP contribution < -0.4 is 0 Å². The number of hydrogen-bond acceptors (Lipinski definition) is 4. The lowest BCUT2D eigenvalue weighted by molar-refractivity contribution is -0.386. The van der Waals surface area contributed by atoms with Crippen molar-refractivity contribution < 1.29 is 44.2 Å². The van der Waals surface area contributed by atoms with Crippen molar-refractivity contribution in [1.82, 2.24) is 0 Å². The first kappa shape index (κ1) is 24.8. The number of benzene rings is 3. The van der Waals surface area contributed by atoms with Gasteiger partial charge in [-0.05, 0) is 12.1 Å². The Morgan fingerprint density at radius 1 is 0.657 bits per heavy atom. The number of ether oxygens (including phenoxy) is 2. The maximum atomic E-state index is 14.8. The molecule has 184 valence electrons. The van der Waals surface area contributed by atoms with Gasteiger partial charge < -0.3 is 9.47 Å². The van der Waals surface area contributed by atoms with Gasteiger partial charge in [0.2, 0.25) is 9.84 Å². The molecule has 4 rings (SSSR count). The summed E-state index contributed by atoms with van der Waals surface area (Å²) in [6, 6.07) is 17.2. The van der Waals surface area contributed by atoms with Crippen LogP contribution in [0.15, 0.2) is 107 Å². The van der Waals surface area contributed by atoms with Gasteiger partial charge in [0.15, 0.2) is 5.76 Å². The molecule has 2 unspecified atom stereocenters. The van der Waals surface area contributed by atoms with E-state index in [0.29, 0.717) is 0 Å². The summed E-state index contributed by atoms with van der Waals surface area (Å²) in [5, 5.41) is 0.0409. The third-order valence-electron chi connectivity index (χ3n) is 5.34. The summed E-state index contributed by atoms with van der Waals surface area (Å²) in [5.41, 5.74) is -5.47. The van der Waals surface area contributed by atoms with Crippen LogP contribution in [0.2, 0.25) is 0 Å². The molecule has 3 aromatic carbocycles. The van der Waals surface area contributed by atoms with Crippen LogP contribution in [0, 0.1) is 0 Å². The molecule has 1 heterocycles. The van der Waals surface area contributed by atoms with Crippen LogP contribution >= 0.6 is 0 Å². The number of hydrogen-bond donors (Lipinski definition) is 0. The summed E-state index contributed by atoms with van der Waals surface area (Å²) in [4.78, 5) is -0.440. The zero-order chi connectivity index (χ0) is 25.5. The summed E-state index contributed by atoms with van der Waals surface area (Å²) < 4.78 is 124. The van der Waals surface area contributed by atoms with Crippen molar-refractivity contribution in [1.29, 1.82) is 0 Å². The average Bonchev–Trinajstić information content (AvgIpc) is 3.18. The molecule has 1 aliphatic rings. The monoisotopic (exact) mass is 514 g/mol. The second-order valence-electron chi connectivity index (χ2n) is 7.57. The van der Waals surface area contributed by atoms with Gasteiger partial charge in [-0.3, -0.25) is 0 Å². The Morgan fingerprint density at radius 2 is 1.11 bits per heavy atom. The maximum absolute atomic E-state index is 14.8. The lowest BCUT2D eigenvalue weighted by Crippen LogP contribution is -2.49. The smallest absolute Gasteiger partial charge is 0.450 e. The Kier molecular flexibility index (Phi) is 5.97. The van der Waals surface area contributed by atoms with E-state index in [2.05, 4.69) is 0 Å². The summed E-state index contributed by atoms with van der Waals surface area (Å²) in [5.74, 6) is -5.52. The highest BCUT2D eigenvalue weighted by molar-refractivity contribution is 7.94. The van der Waals surface area contributed by atoms with E-state index in [1.54, 1.807) is 0 Å². The first-order chi connectivity index (χ1) is 16.3. The summed E-state index contributed by atoms with van der Waals surface area (Å²) in [7, 11) is -4.70. The molecule has 0 bridgehead atoms. The highest BCUT2D eigenvalue weighted by atomic mass is 32.2. The van der Waals surface area contributed by atoms with Gasteiger partial charge in [0.25, 0.3) is 5.60 Å². The Labute approximate surface area is 196 Å². The van der Waals surface area contributed by atoms with Gasteiger partial charge in [0.05, 0.1) is 10.3 Å². The van der Waals surface area contributed by atoms with E-state index < -0.39 is 55.4 Å². The minimum atomic E-state index is -5.56. The van der Waals surface area contributed by atoms with Crippen LogP contribution in [0.3, 0.4) is 0 Å². The largest absolute Gasteiger partial charge is 0.460 e. The van der Waals surface area contributed by atoms with Crippen molar-refractivity contribution in [3.63, 3.8) is 0 Å². The summed E-state index contributed by atoms with van der Waals surface area (Å²) in [6.07, 6.45) is -11.1. The Bertz CT molecular complexity index is 1320. The lowest BCUT2D eigenvalue weighted by atomic mass is 9.91. The first-order valence-corrected chi connectivity index (χ1v) is 11.5. The summed E-state index contributed by atoms with van der Waals surface area (Å²) >= 11 is 0. The van der Waals surface area contributed by atoms with E-state index in [0.717, 1.165) is 60.7 Å². The molecule has 0 aliphatic carbocycles. The fraction of sp³-hybridized carbons (Fsp3) is 0.167. The number of sulfone groups is 1. The zero-order valence-corrected chi connectivity index (χ0v) is 18.4. The second-order valence-corrected chi connectivity index (χ2v) is 9.37. The normalized spacial score (nSPS) is 24.3. The minimum Gasteiger partial charge on any atom is -0.450 e. The topological polar surface area (TPSA) is 52.6 Å². The molecule has 0 saturated carbocycles. The van der Waals surface area contributed by atoms with Crippen molar-refractivity contribution in [2.75, 3.05) is 0 Å². The van der Waals surface area contributed by atoms with E-state index in [1.807, 2.05) is 0 Å². The Hall–Kier alpha value is -3.31. The molecular weight excluding hydrogens is 498 g/mol. The standard InChI is InChI=1S/C24H16F6O4S/c25-23(26,27)21(17-10-4-1-5-11-17)20(16-35(31,32)19-14-8-3-9-15-19)33-22(34-21,24(28,29)30)18-12-6-2-7-13-18/h1-16H/b20-16-. The number of alkyl halides is 6. The van der Waals surface area contributed by atoms with Crippen molar-refractivity contribution in [3.8, 4) is 0 Å². The molecular formula is C24H16F6O4S. The molecule has 0 amide bonds. The van der Waals surface area contributed by atoms with E-state index in [4.69, 9.17) is 9.47 Å². The molecule has 1 saturated heterocycles. The van der Waals surface area contributed by atoms with Crippen molar-refractivity contribution in [2.45, 2.75) is 28.6 Å². The first-order valence-electron chi connectivity index (χ1n) is 9.99. The lowest BCUT2D eigenvalue weighted by Gasteiger charge is -2.34. The molecule has 11 heteroatoms. The fourth-order valence-electron chi connectivity index (χ4n) is 3.73. The maximum Gasteiger partial charge on any atom is 0.460 e. The molecule has 1 fully saturated rings. The third-order valence-corrected chi connectivity index (χ3v) is 6.79. The number of halogens is 6. The second kappa shape index (κ2) is 8.42. The van der Waals surface area contributed by atoms with Gasteiger partial charge in [-0.2, -0.15) is 26.3 Å². The molecule has 0 N–H and O–H groups in total. The van der Waals surface area contributed by atoms with Crippen LogP contribution in [0.25, 0.3) is 0 Å². The highest BCUT2D eigenvalue weighted by Crippen LogP contribution is 2.62. The third kappa shape index (κ3) is 4.08. The van der Waals surface area contributed by atoms with Gasteiger partial charge in [-0.15, -0.1) is 0 Å². The van der Waals surface area contributed by atoms with Gasteiger partial charge in [-0.1, -0.05) is 78.9 Å². The zero-order valence-electron chi connectivity index (χ0n) is 17.5. The fourth-order valence-corrected chi connectivity index (χ4v) is 4.90.